The number of carbonyl (C=O) groups is 3. The SMILES string of the molecule is C=C(N[C@H](C(=O)N1CCC[C@H]1c1ncc(-c2ccc(-c3ccc(C4=CN=C([C@@H]5CC6(CN5C(=O)[C@@H](NC(=O)OC)C(C)C)OCCO6)C4)cc3)cc2)[nH]1)C(C)C)OC. The maximum absolute atomic E-state index is 14.0. The molecule has 2 aromatic carbocycles. The molecule has 4 atom stereocenters. The van der Waals surface area contributed by atoms with Crippen molar-refractivity contribution in [3.8, 4) is 22.4 Å². The van der Waals surface area contributed by atoms with Gasteiger partial charge in [0.15, 0.2) is 11.7 Å². The maximum atomic E-state index is 14.0. The lowest BCUT2D eigenvalue weighted by Crippen LogP contribution is -2.54. The Morgan fingerprint density at radius 3 is 2.07 bits per heavy atom. The van der Waals surface area contributed by atoms with Gasteiger partial charge in [0.05, 0.1) is 58.0 Å². The second-order valence-electron chi connectivity index (χ2n) is 16.1. The first-order chi connectivity index (χ1) is 27.9. The summed E-state index contributed by atoms with van der Waals surface area (Å²) in [4.78, 5) is 56.5. The Morgan fingerprint density at radius 1 is 0.845 bits per heavy atom. The number of H-pyrrole nitrogens is 1. The van der Waals surface area contributed by atoms with Gasteiger partial charge in [-0.15, -0.1) is 0 Å². The number of allylic oxidation sites excluding steroid dienone is 1. The molecule has 14 nitrogen and oxygen atoms in total. The van der Waals surface area contributed by atoms with Crippen molar-refractivity contribution in [2.24, 2.45) is 16.8 Å². The van der Waals surface area contributed by atoms with Gasteiger partial charge in [0.25, 0.3) is 0 Å². The lowest BCUT2D eigenvalue weighted by molar-refractivity contribution is -0.153. The molecular formula is C44H55N7O7. The third kappa shape index (κ3) is 8.39. The molecule has 1 spiro atoms. The Labute approximate surface area is 340 Å². The smallest absolute Gasteiger partial charge is 0.407 e. The van der Waals surface area contributed by atoms with Gasteiger partial charge in [-0.05, 0) is 59.1 Å². The van der Waals surface area contributed by atoms with E-state index in [0.717, 1.165) is 57.9 Å². The van der Waals surface area contributed by atoms with Crippen LogP contribution < -0.4 is 10.6 Å². The summed E-state index contributed by atoms with van der Waals surface area (Å²) in [6, 6.07) is 15.1. The van der Waals surface area contributed by atoms with E-state index in [4.69, 9.17) is 28.9 Å². The zero-order chi connectivity index (χ0) is 41.1. The van der Waals surface area contributed by atoms with Crippen molar-refractivity contribution in [2.45, 2.75) is 83.3 Å². The van der Waals surface area contributed by atoms with E-state index in [9.17, 15) is 14.4 Å². The summed E-state index contributed by atoms with van der Waals surface area (Å²) in [6.07, 6.45) is 5.86. The molecule has 14 heteroatoms. The lowest BCUT2D eigenvalue weighted by atomic mass is 9.95. The van der Waals surface area contributed by atoms with Crippen LogP contribution in [-0.2, 0) is 28.5 Å². The summed E-state index contributed by atoms with van der Waals surface area (Å²) in [5, 5.41) is 5.85. The Balaban J connectivity index is 0.996. The number of carbonyl (C=O) groups excluding carboxylic acids is 3. The van der Waals surface area contributed by atoms with E-state index in [1.807, 2.05) is 45.0 Å². The molecule has 3 amide bonds. The van der Waals surface area contributed by atoms with Crippen LogP contribution in [0, 0.1) is 11.8 Å². The highest BCUT2D eigenvalue weighted by molar-refractivity contribution is 6.04. The number of benzene rings is 2. The van der Waals surface area contributed by atoms with Gasteiger partial charge in [-0.1, -0.05) is 76.2 Å². The van der Waals surface area contributed by atoms with Gasteiger partial charge in [-0.3, -0.25) is 14.6 Å². The van der Waals surface area contributed by atoms with Crippen LogP contribution in [0.5, 0.6) is 0 Å². The van der Waals surface area contributed by atoms with Gasteiger partial charge in [-0.25, -0.2) is 9.78 Å². The number of aromatic nitrogens is 2. The quantitative estimate of drug-likeness (QED) is 0.175. The fourth-order valence-corrected chi connectivity index (χ4v) is 8.39. The van der Waals surface area contributed by atoms with Gasteiger partial charge < -0.3 is 44.4 Å². The summed E-state index contributed by atoms with van der Waals surface area (Å²) in [5.41, 5.74) is 7.02. The monoisotopic (exact) mass is 793 g/mol. The number of aromatic amines is 1. The standard InChI is InChI=1S/C44H55N7O7/c1-26(2)38(47-28(5)55-6)41(52)50-18-8-9-36(50)40-46-24-35(48-40)32-16-14-30(15-17-32)29-10-12-31(13-11-29)33-21-34(45-23-33)37-22-44(57-19-20-58-44)25-51(37)42(53)39(27(3)4)49-43(54)56-7/h10-17,23-24,26-27,36-39,47H,5,8-9,18-22,25H2,1-4,6-7H3,(H,46,48)(H,49,54)/t36-,37-,38-,39-/m0/s1. The minimum absolute atomic E-state index is 0.0160. The second kappa shape index (κ2) is 17.2. The number of rotatable bonds is 13. The molecule has 5 heterocycles. The third-order valence-electron chi connectivity index (χ3n) is 11.6. The van der Waals surface area contributed by atoms with Crippen LogP contribution in [-0.4, -0.2) is 108 Å². The molecule has 3 N–H and O–H groups in total. The van der Waals surface area contributed by atoms with Crippen molar-refractivity contribution >= 4 is 29.2 Å². The molecule has 7 rings (SSSR count). The first-order valence-electron chi connectivity index (χ1n) is 20.1. The molecule has 0 bridgehead atoms. The number of hydrogen-bond acceptors (Lipinski definition) is 10. The van der Waals surface area contributed by atoms with Crippen LogP contribution in [0.4, 0.5) is 4.79 Å². The van der Waals surface area contributed by atoms with E-state index in [1.165, 1.54) is 14.2 Å². The highest BCUT2D eigenvalue weighted by atomic mass is 16.7. The van der Waals surface area contributed by atoms with Crippen molar-refractivity contribution in [1.29, 1.82) is 0 Å². The lowest BCUT2D eigenvalue weighted by Gasteiger charge is -2.31. The van der Waals surface area contributed by atoms with Crippen LogP contribution in [0.25, 0.3) is 28.0 Å². The maximum Gasteiger partial charge on any atom is 0.407 e. The number of hydrogen-bond donors (Lipinski definition) is 3. The van der Waals surface area contributed by atoms with E-state index in [1.54, 1.807) is 4.90 Å². The average molecular weight is 794 g/mol. The molecular weight excluding hydrogens is 739 g/mol. The number of amides is 3. The number of nitrogens with zero attached hydrogens (tertiary/aromatic N) is 4. The fraction of sp³-hybridized carbons (Fsp3) is 0.477. The largest absolute Gasteiger partial charge is 0.483 e. The molecule has 0 unspecified atom stereocenters. The van der Waals surface area contributed by atoms with Crippen LogP contribution in [0.1, 0.15) is 70.8 Å². The topological polar surface area (TPSA) is 160 Å². The predicted molar refractivity (Wildman–Crippen MR) is 220 cm³/mol. The number of alkyl carbamates (subject to hydrolysis) is 1. The molecule has 58 heavy (non-hydrogen) atoms. The second-order valence-corrected chi connectivity index (χ2v) is 16.1. The normalized spacial score (nSPS) is 21.0. The average Bonchev–Trinajstić information content (AvgIpc) is 4.09. The summed E-state index contributed by atoms with van der Waals surface area (Å²) < 4.78 is 22.1. The van der Waals surface area contributed by atoms with E-state index in [-0.39, 0.29) is 42.3 Å². The van der Waals surface area contributed by atoms with Gasteiger partial charge in [0.1, 0.15) is 17.9 Å². The molecule has 3 aromatic rings. The Morgan fingerprint density at radius 2 is 1.45 bits per heavy atom. The number of methoxy groups -OCH3 is 2. The van der Waals surface area contributed by atoms with Crippen LogP contribution in [0.2, 0.25) is 0 Å². The van der Waals surface area contributed by atoms with Crippen molar-refractivity contribution in [3.63, 3.8) is 0 Å². The van der Waals surface area contributed by atoms with Crippen LogP contribution >= 0.6 is 0 Å². The van der Waals surface area contributed by atoms with Crippen LogP contribution in [0.15, 0.2) is 78.4 Å². The van der Waals surface area contributed by atoms with E-state index in [2.05, 4.69) is 70.7 Å². The molecule has 308 valence electrons. The summed E-state index contributed by atoms with van der Waals surface area (Å²) in [6.45, 7) is 13.5. The minimum atomic E-state index is -0.886. The summed E-state index contributed by atoms with van der Waals surface area (Å²) in [5.74, 6) is -0.0457. The van der Waals surface area contributed by atoms with E-state index in [0.29, 0.717) is 38.5 Å². The molecule has 4 aliphatic heterocycles. The number of likely N-dealkylation sites (tertiary alicyclic amines) is 2. The Hall–Kier alpha value is -5.47. The van der Waals surface area contributed by atoms with Crippen molar-refractivity contribution in [2.75, 3.05) is 40.5 Å². The summed E-state index contributed by atoms with van der Waals surface area (Å²) >= 11 is 0. The van der Waals surface area contributed by atoms with Gasteiger partial charge >= 0.3 is 6.09 Å². The third-order valence-corrected chi connectivity index (χ3v) is 11.6. The molecule has 4 aliphatic rings. The molecule has 0 saturated carbocycles. The highest BCUT2D eigenvalue weighted by Crippen LogP contribution is 2.39. The van der Waals surface area contributed by atoms with Crippen LogP contribution in [0.3, 0.4) is 0 Å². The zero-order valence-corrected chi connectivity index (χ0v) is 34.2. The molecule has 1 aromatic heterocycles. The number of ether oxygens (including phenoxy) is 4. The molecule has 0 radical (unpaired) electrons. The Kier molecular flexibility index (Phi) is 12.1. The highest BCUT2D eigenvalue weighted by Gasteiger charge is 2.53. The summed E-state index contributed by atoms with van der Waals surface area (Å²) in [7, 11) is 2.82. The molecule has 3 saturated heterocycles. The number of aliphatic imine (C=N–C) groups is 1. The van der Waals surface area contributed by atoms with Gasteiger partial charge in [0, 0.05) is 31.3 Å². The number of imidazole rings is 1. The van der Waals surface area contributed by atoms with Crippen molar-refractivity contribution in [1.82, 2.24) is 30.4 Å². The Bertz CT molecular complexity index is 2050. The van der Waals surface area contributed by atoms with E-state index < -0.39 is 24.0 Å². The van der Waals surface area contributed by atoms with Gasteiger partial charge in [-0.2, -0.15) is 0 Å². The van der Waals surface area contributed by atoms with Crippen molar-refractivity contribution < 1.29 is 33.3 Å². The number of nitrogens with one attached hydrogen (secondary N) is 3. The first-order valence-corrected chi connectivity index (χ1v) is 20.1. The fourth-order valence-electron chi connectivity index (χ4n) is 8.39. The van der Waals surface area contributed by atoms with Crippen molar-refractivity contribution in [3.05, 3.63) is 84.8 Å². The molecule has 3 fully saturated rings. The predicted octanol–water partition coefficient (Wildman–Crippen LogP) is 6.05. The minimum Gasteiger partial charge on any atom is -0.483 e. The first kappa shape index (κ1) is 40.7. The molecule has 0 aliphatic carbocycles. The van der Waals surface area contributed by atoms with E-state index >= 15 is 0 Å². The zero-order valence-electron chi connectivity index (χ0n) is 34.2. The van der Waals surface area contributed by atoms with Gasteiger partial charge in [0.2, 0.25) is 11.8 Å².